The summed E-state index contributed by atoms with van der Waals surface area (Å²) in [5.41, 5.74) is 12.7. The quantitative estimate of drug-likeness (QED) is 0.0268. The number of fused-ring (bicyclic) bond motifs is 1. The number of H-pyrrole nitrogens is 1. The monoisotopic (exact) mass is 937 g/mol. The van der Waals surface area contributed by atoms with E-state index >= 15 is 0 Å². The third-order valence-electron chi connectivity index (χ3n) is 9.75. The second kappa shape index (κ2) is 28.1. The fourth-order valence-corrected chi connectivity index (χ4v) is 6.37. The van der Waals surface area contributed by atoms with Crippen LogP contribution in [-0.2, 0) is 49.6 Å². The number of hydrogen-bond donors (Lipinski definition) is 16. The van der Waals surface area contributed by atoms with Crippen molar-refractivity contribution in [3.63, 3.8) is 0 Å². The van der Waals surface area contributed by atoms with Crippen molar-refractivity contribution in [2.24, 2.45) is 17.4 Å². The summed E-state index contributed by atoms with van der Waals surface area (Å²) in [6.45, 7) is 1.64. The average Bonchev–Trinajstić information content (AvgIpc) is 3.68. The van der Waals surface area contributed by atoms with Crippen molar-refractivity contribution in [1.82, 2.24) is 47.5 Å². The Morgan fingerprint density at radius 3 is 1.77 bits per heavy atom. The number of aromatic amines is 1. The first-order valence-corrected chi connectivity index (χ1v) is 21.5. The number of thiol groups is 1. The number of aliphatic hydroxyl groups is 3. The summed E-state index contributed by atoms with van der Waals surface area (Å²) in [5.74, 6) is -8.83. The molecule has 24 nitrogen and oxygen atoms in total. The van der Waals surface area contributed by atoms with Crippen LogP contribution in [0.1, 0.15) is 52.0 Å². The van der Waals surface area contributed by atoms with Crippen LogP contribution in [0.4, 0.5) is 0 Å². The zero-order valence-electron chi connectivity index (χ0n) is 36.4. The number of aliphatic hydroxyl groups excluding tert-OH is 3. The van der Waals surface area contributed by atoms with E-state index in [0.717, 1.165) is 17.8 Å². The molecule has 0 saturated heterocycles. The SMILES string of the molecule is CC(C)CC(NC(=O)CNC(=O)C(CO)NC(=O)CNC(=O)C(CCCCN)NC(=O)C(Cc1c[nH]c2ccccc12)NC(=O)C(CO)NC(=O)C(N)CS)C(=O)NC(C(=O)O)C(C)O. The number of hydrogen-bond acceptors (Lipinski definition) is 15. The second-order valence-electron chi connectivity index (χ2n) is 15.6. The lowest BCUT2D eigenvalue weighted by Crippen LogP contribution is -2.59. The molecule has 0 spiro atoms. The van der Waals surface area contributed by atoms with Gasteiger partial charge in [0, 0.05) is 29.3 Å². The van der Waals surface area contributed by atoms with E-state index in [0.29, 0.717) is 18.4 Å². The Kier molecular flexibility index (Phi) is 23.9. The van der Waals surface area contributed by atoms with Crippen molar-refractivity contribution in [2.45, 2.75) is 101 Å². The summed E-state index contributed by atoms with van der Waals surface area (Å²) in [5, 5.41) is 58.4. The smallest absolute Gasteiger partial charge is 0.328 e. The predicted molar refractivity (Wildman–Crippen MR) is 237 cm³/mol. The molecule has 362 valence electrons. The molecular weight excluding hydrogens is 875 g/mol. The summed E-state index contributed by atoms with van der Waals surface area (Å²) in [4.78, 5) is 119. The number of aliphatic carboxylic acids is 1. The largest absolute Gasteiger partial charge is 0.480 e. The highest BCUT2D eigenvalue weighted by Crippen LogP contribution is 2.19. The van der Waals surface area contributed by atoms with Gasteiger partial charge >= 0.3 is 5.97 Å². The first-order valence-electron chi connectivity index (χ1n) is 20.9. The van der Waals surface area contributed by atoms with E-state index in [4.69, 9.17) is 11.5 Å². The maximum atomic E-state index is 14.0. The van der Waals surface area contributed by atoms with Gasteiger partial charge in [0.05, 0.1) is 38.4 Å². The van der Waals surface area contributed by atoms with Gasteiger partial charge in [-0.3, -0.25) is 38.4 Å². The fourth-order valence-electron chi connectivity index (χ4n) is 6.20. The number of para-hydroxylation sites is 1. The number of carbonyl (C=O) groups excluding carboxylic acids is 8. The maximum absolute atomic E-state index is 14.0. The lowest BCUT2D eigenvalue weighted by Gasteiger charge is -2.25. The molecule has 1 aromatic carbocycles. The van der Waals surface area contributed by atoms with Crippen LogP contribution in [0.3, 0.4) is 0 Å². The number of amides is 8. The molecule has 65 heavy (non-hydrogen) atoms. The molecule has 0 saturated carbocycles. The third-order valence-corrected chi connectivity index (χ3v) is 10.1. The summed E-state index contributed by atoms with van der Waals surface area (Å²) >= 11 is 3.97. The van der Waals surface area contributed by atoms with Crippen molar-refractivity contribution in [1.29, 1.82) is 0 Å². The van der Waals surface area contributed by atoms with Gasteiger partial charge < -0.3 is 79.4 Å². The Hall–Kier alpha value is -5.86. The molecule has 0 aliphatic heterocycles. The molecule has 8 amide bonds. The van der Waals surface area contributed by atoms with Gasteiger partial charge in [-0.2, -0.15) is 12.6 Å². The molecule has 8 atom stereocenters. The Labute approximate surface area is 380 Å². The van der Waals surface area contributed by atoms with Crippen LogP contribution in [0, 0.1) is 5.92 Å². The number of carboxylic acid groups (broad SMARTS) is 1. The number of nitrogens with two attached hydrogens (primary N) is 2. The number of aromatic nitrogens is 1. The van der Waals surface area contributed by atoms with E-state index in [1.54, 1.807) is 44.3 Å². The van der Waals surface area contributed by atoms with Gasteiger partial charge in [0.2, 0.25) is 47.3 Å². The molecular formula is C40H63N11O13S. The molecule has 0 fully saturated rings. The summed E-state index contributed by atoms with van der Waals surface area (Å²) in [6, 6.07) is -2.61. The van der Waals surface area contributed by atoms with E-state index in [1.807, 2.05) is 0 Å². The number of unbranched alkanes of at least 4 members (excludes halogenated alkanes) is 1. The van der Waals surface area contributed by atoms with Crippen molar-refractivity contribution in [2.75, 3.05) is 38.6 Å². The van der Waals surface area contributed by atoms with Crippen molar-refractivity contribution < 1.29 is 63.6 Å². The minimum atomic E-state index is -1.65. The number of rotatable bonds is 29. The van der Waals surface area contributed by atoms with E-state index in [1.165, 1.54) is 0 Å². The molecule has 0 bridgehead atoms. The number of benzene rings is 1. The van der Waals surface area contributed by atoms with Gasteiger partial charge in [-0.25, -0.2) is 4.79 Å². The number of nitrogens with one attached hydrogen (secondary N) is 9. The highest BCUT2D eigenvalue weighted by atomic mass is 32.1. The van der Waals surface area contributed by atoms with Crippen LogP contribution in [0.15, 0.2) is 30.5 Å². The average molecular weight is 938 g/mol. The standard InChI is InChI=1S/C40H63N11O13S/c1-20(2)12-27(38(61)51-33(21(3)54)40(63)64)46-31(55)15-45-36(59)29(17-52)47-32(56)16-44-35(58)26(10-6-7-11-41)48-37(60)28(13-22-14-43-25-9-5-4-8-23(22)25)49-39(62)30(18-53)50-34(57)24(42)19-65/h4-5,8-9,14,20-21,24,26-30,33,43,52-54,65H,6-7,10-13,15-19,41-42H2,1-3H3,(H,44,58)(H,45,59)(H,46,55)(H,47,56)(H,48,60)(H,49,62)(H,50,57)(H,51,61)(H,63,64). The number of carboxylic acids is 1. The molecule has 25 heteroatoms. The van der Waals surface area contributed by atoms with Crippen LogP contribution in [0.25, 0.3) is 10.9 Å². The molecule has 0 radical (unpaired) electrons. The van der Waals surface area contributed by atoms with Crippen molar-refractivity contribution in [3.05, 3.63) is 36.0 Å². The highest BCUT2D eigenvalue weighted by molar-refractivity contribution is 7.80. The van der Waals surface area contributed by atoms with Crippen LogP contribution >= 0.6 is 12.6 Å². The summed E-state index contributed by atoms with van der Waals surface area (Å²) < 4.78 is 0. The lowest BCUT2D eigenvalue weighted by atomic mass is 10.0. The normalized spacial score (nSPS) is 14.9. The molecule has 0 aliphatic rings. The van der Waals surface area contributed by atoms with E-state index < -0.39 is 128 Å². The summed E-state index contributed by atoms with van der Waals surface area (Å²) in [6.07, 6.45) is 0.974. The van der Waals surface area contributed by atoms with E-state index in [9.17, 15) is 63.6 Å². The number of carbonyl (C=O) groups is 9. The first-order chi connectivity index (χ1) is 30.8. The molecule has 1 heterocycles. The van der Waals surface area contributed by atoms with Gasteiger partial charge in [-0.15, -0.1) is 0 Å². The van der Waals surface area contributed by atoms with Crippen LogP contribution in [0.2, 0.25) is 0 Å². The van der Waals surface area contributed by atoms with Gasteiger partial charge in [-0.05, 0) is 56.7 Å². The van der Waals surface area contributed by atoms with Crippen molar-refractivity contribution >= 4 is 76.8 Å². The first kappa shape index (κ1) is 55.3. The van der Waals surface area contributed by atoms with Gasteiger partial charge in [0.25, 0.3) is 0 Å². The molecule has 0 aliphatic carbocycles. The molecule has 17 N–H and O–H groups in total. The lowest BCUT2D eigenvalue weighted by molar-refractivity contribution is -0.145. The molecule has 2 rings (SSSR count). The topological polar surface area (TPSA) is 399 Å². The van der Waals surface area contributed by atoms with E-state index in [-0.39, 0.29) is 37.5 Å². The molecule has 2 aromatic rings. The van der Waals surface area contributed by atoms with Gasteiger partial charge in [0.1, 0.15) is 30.2 Å². The Morgan fingerprint density at radius 1 is 0.692 bits per heavy atom. The second-order valence-corrected chi connectivity index (χ2v) is 15.9. The molecule has 1 aromatic heterocycles. The van der Waals surface area contributed by atoms with Crippen molar-refractivity contribution in [3.8, 4) is 0 Å². The van der Waals surface area contributed by atoms with Gasteiger partial charge in [-0.1, -0.05) is 32.0 Å². The molecule has 8 unspecified atom stereocenters. The minimum absolute atomic E-state index is 0.0329. The predicted octanol–water partition coefficient (Wildman–Crippen LogP) is -5.27. The third kappa shape index (κ3) is 18.6. The Balaban J connectivity index is 2.14. The zero-order chi connectivity index (χ0) is 48.8. The van der Waals surface area contributed by atoms with Gasteiger partial charge in [0.15, 0.2) is 6.04 Å². The van der Waals surface area contributed by atoms with Crippen LogP contribution < -0.4 is 54.0 Å². The Bertz CT molecular complexity index is 1950. The summed E-state index contributed by atoms with van der Waals surface area (Å²) in [7, 11) is 0. The van der Waals surface area contributed by atoms with Crippen LogP contribution in [-0.4, -0.2) is 166 Å². The zero-order valence-corrected chi connectivity index (χ0v) is 37.3. The highest BCUT2D eigenvalue weighted by Gasteiger charge is 2.33. The maximum Gasteiger partial charge on any atom is 0.328 e. The Morgan fingerprint density at radius 2 is 1.22 bits per heavy atom. The van der Waals surface area contributed by atoms with E-state index in [2.05, 4.69) is 60.1 Å². The van der Waals surface area contributed by atoms with Crippen LogP contribution in [0.5, 0.6) is 0 Å². The fraction of sp³-hybridized carbons (Fsp3) is 0.575. The minimum Gasteiger partial charge on any atom is -0.480 e.